The monoisotopic (exact) mass is 292 g/mol. The largest absolute Gasteiger partial charge is 0.385 e. The first kappa shape index (κ1) is 15.7. The van der Waals surface area contributed by atoms with Gasteiger partial charge in [-0.3, -0.25) is 9.78 Å². The predicted molar refractivity (Wildman–Crippen MR) is 82.6 cm³/mol. The van der Waals surface area contributed by atoms with Crippen LogP contribution in [-0.4, -0.2) is 74.2 Å². The van der Waals surface area contributed by atoms with Gasteiger partial charge in [-0.1, -0.05) is 0 Å². The summed E-state index contributed by atoms with van der Waals surface area (Å²) >= 11 is 0. The summed E-state index contributed by atoms with van der Waals surface area (Å²) in [5.41, 5.74) is 1.44. The van der Waals surface area contributed by atoms with Crippen LogP contribution in [0.2, 0.25) is 0 Å². The van der Waals surface area contributed by atoms with Gasteiger partial charge in [0.1, 0.15) is 5.69 Å². The fourth-order valence-corrected chi connectivity index (χ4v) is 2.21. The van der Waals surface area contributed by atoms with E-state index in [9.17, 15) is 4.79 Å². The first-order valence-corrected chi connectivity index (χ1v) is 7.38. The molecule has 1 aliphatic heterocycles. The van der Waals surface area contributed by atoms with Gasteiger partial charge in [-0.15, -0.1) is 0 Å². The molecule has 0 bridgehead atoms. The summed E-state index contributed by atoms with van der Waals surface area (Å²) in [6.45, 7) is 4.41. The number of carbonyl (C=O) groups is 1. The Morgan fingerprint density at radius 1 is 1.43 bits per heavy atom. The summed E-state index contributed by atoms with van der Waals surface area (Å²) in [6, 6.07) is 3.72. The molecular formula is C15H24N4O2. The minimum Gasteiger partial charge on any atom is -0.385 e. The molecule has 0 aromatic carbocycles. The molecule has 1 amide bonds. The molecule has 0 unspecified atom stereocenters. The highest BCUT2D eigenvalue weighted by Crippen LogP contribution is 2.11. The molecule has 2 heterocycles. The van der Waals surface area contributed by atoms with Crippen LogP contribution in [0.5, 0.6) is 0 Å². The predicted octanol–water partition coefficient (Wildman–Crippen LogP) is 0.918. The molecule has 2 rings (SSSR count). The van der Waals surface area contributed by atoms with Crippen LogP contribution in [0.1, 0.15) is 16.9 Å². The third kappa shape index (κ3) is 4.99. The average molecular weight is 292 g/mol. The number of anilines is 1. The standard InChI is InChI=1S/C15H24N4O2/c1-18(2)7-3-5-16-13-4-6-17-14(12-13)15(20)19-8-10-21-11-9-19/h4,6,12H,3,5,7-11H2,1-2H3,(H,16,17). The van der Waals surface area contributed by atoms with E-state index in [0.717, 1.165) is 25.2 Å². The van der Waals surface area contributed by atoms with E-state index in [2.05, 4.69) is 29.3 Å². The number of nitrogens with zero attached hydrogens (tertiary/aromatic N) is 3. The van der Waals surface area contributed by atoms with E-state index in [4.69, 9.17) is 4.74 Å². The Bertz CT molecular complexity index is 459. The molecule has 1 aromatic rings. The molecule has 1 fully saturated rings. The minimum absolute atomic E-state index is 0.0183. The van der Waals surface area contributed by atoms with Gasteiger partial charge < -0.3 is 19.9 Å². The van der Waals surface area contributed by atoms with Gasteiger partial charge >= 0.3 is 0 Å². The third-order valence-corrected chi connectivity index (χ3v) is 3.39. The maximum atomic E-state index is 12.3. The summed E-state index contributed by atoms with van der Waals surface area (Å²) < 4.78 is 5.26. The average Bonchev–Trinajstić information content (AvgIpc) is 2.52. The topological polar surface area (TPSA) is 57.7 Å². The molecular weight excluding hydrogens is 268 g/mol. The highest BCUT2D eigenvalue weighted by atomic mass is 16.5. The van der Waals surface area contributed by atoms with Gasteiger partial charge in [0.2, 0.25) is 0 Å². The lowest BCUT2D eigenvalue weighted by Gasteiger charge is -2.26. The van der Waals surface area contributed by atoms with Gasteiger partial charge in [-0.25, -0.2) is 0 Å². The van der Waals surface area contributed by atoms with Crippen LogP contribution in [0.4, 0.5) is 5.69 Å². The summed E-state index contributed by atoms with van der Waals surface area (Å²) in [5, 5.41) is 3.34. The van der Waals surface area contributed by atoms with Crippen molar-refractivity contribution in [2.45, 2.75) is 6.42 Å². The Morgan fingerprint density at radius 3 is 2.90 bits per heavy atom. The van der Waals surface area contributed by atoms with Crippen LogP contribution in [0.15, 0.2) is 18.3 Å². The minimum atomic E-state index is -0.0183. The van der Waals surface area contributed by atoms with Gasteiger partial charge in [-0.05, 0) is 39.2 Å². The second kappa shape index (κ2) is 7.95. The number of ether oxygens (including phenoxy) is 1. The van der Waals surface area contributed by atoms with E-state index in [0.29, 0.717) is 32.0 Å². The van der Waals surface area contributed by atoms with E-state index in [1.807, 2.05) is 12.1 Å². The number of morpholine rings is 1. The second-order valence-corrected chi connectivity index (χ2v) is 5.42. The molecule has 0 saturated carbocycles. The van der Waals surface area contributed by atoms with Crippen LogP contribution in [-0.2, 0) is 4.74 Å². The van der Waals surface area contributed by atoms with Gasteiger partial charge in [0.15, 0.2) is 0 Å². The van der Waals surface area contributed by atoms with Crippen molar-refractivity contribution in [1.29, 1.82) is 0 Å². The number of hydrogen-bond acceptors (Lipinski definition) is 5. The molecule has 6 nitrogen and oxygen atoms in total. The van der Waals surface area contributed by atoms with E-state index in [1.54, 1.807) is 11.1 Å². The van der Waals surface area contributed by atoms with Crippen molar-refractivity contribution in [3.05, 3.63) is 24.0 Å². The van der Waals surface area contributed by atoms with Crippen molar-refractivity contribution in [1.82, 2.24) is 14.8 Å². The number of aromatic nitrogens is 1. The molecule has 0 atom stereocenters. The zero-order valence-corrected chi connectivity index (χ0v) is 12.8. The molecule has 1 aromatic heterocycles. The Hall–Kier alpha value is -1.66. The van der Waals surface area contributed by atoms with Crippen LogP contribution in [0.3, 0.4) is 0 Å². The van der Waals surface area contributed by atoms with Gasteiger partial charge in [0, 0.05) is 31.5 Å². The maximum absolute atomic E-state index is 12.3. The molecule has 6 heteroatoms. The van der Waals surface area contributed by atoms with Crippen LogP contribution in [0.25, 0.3) is 0 Å². The lowest BCUT2D eigenvalue weighted by molar-refractivity contribution is 0.0299. The number of rotatable bonds is 6. The van der Waals surface area contributed by atoms with E-state index in [-0.39, 0.29) is 5.91 Å². The Balaban J connectivity index is 1.89. The number of carbonyl (C=O) groups excluding carboxylic acids is 1. The Morgan fingerprint density at radius 2 is 2.19 bits per heavy atom. The molecule has 0 radical (unpaired) electrons. The second-order valence-electron chi connectivity index (χ2n) is 5.42. The maximum Gasteiger partial charge on any atom is 0.272 e. The van der Waals surface area contributed by atoms with Crippen molar-refractivity contribution in [2.75, 3.05) is 58.8 Å². The zero-order chi connectivity index (χ0) is 15.1. The van der Waals surface area contributed by atoms with E-state index in [1.165, 1.54) is 0 Å². The zero-order valence-electron chi connectivity index (χ0n) is 12.8. The summed E-state index contributed by atoms with van der Waals surface area (Å²) in [7, 11) is 4.12. The van der Waals surface area contributed by atoms with Crippen molar-refractivity contribution in [3.63, 3.8) is 0 Å². The van der Waals surface area contributed by atoms with Crippen molar-refractivity contribution in [3.8, 4) is 0 Å². The Kier molecular flexibility index (Phi) is 5.95. The highest BCUT2D eigenvalue weighted by Gasteiger charge is 2.19. The van der Waals surface area contributed by atoms with Crippen molar-refractivity contribution >= 4 is 11.6 Å². The summed E-state index contributed by atoms with van der Waals surface area (Å²) in [6.07, 6.45) is 2.74. The van der Waals surface area contributed by atoms with Gasteiger partial charge in [0.05, 0.1) is 13.2 Å². The number of hydrogen-bond donors (Lipinski definition) is 1. The molecule has 0 spiro atoms. The fourth-order valence-electron chi connectivity index (χ4n) is 2.21. The van der Waals surface area contributed by atoms with Gasteiger partial charge in [0.25, 0.3) is 5.91 Å². The highest BCUT2D eigenvalue weighted by molar-refractivity contribution is 5.93. The summed E-state index contributed by atoms with van der Waals surface area (Å²) in [4.78, 5) is 20.5. The number of nitrogens with one attached hydrogen (secondary N) is 1. The first-order chi connectivity index (χ1) is 10.2. The molecule has 1 aliphatic rings. The molecule has 21 heavy (non-hydrogen) atoms. The third-order valence-electron chi connectivity index (χ3n) is 3.39. The normalized spacial score (nSPS) is 15.3. The van der Waals surface area contributed by atoms with Crippen LogP contribution in [0, 0.1) is 0 Å². The van der Waals surface area contributed by atoms with Crippen molar-refractivity contribution in [2.24, 2.45) is 0 Å². The fraction of sp³-hybridized carbons (Fsp3) is 0.600. The van der Waals surface area contributed by atoms with E-state index < -0.39 is 0 Å². The van der Waals surface area contributed by atoms with Crippen LogP contribution < -0.4 is 5.32 Å². The number of amides is 1. The first-order valence-electron chi connectivity index (χ1n) is 7.38. The van der Waals surface area contributed by atoms with Crippen LogP contribution >= 0.6 is 0 Å². The molecule has 0 aliphatic carbocycles. The molecule has 116 valence electrons. The quantitative estimate of drug-likeness (QED) is 0.790. The lowest BCUT2D eigenvalue weighted by atomic mass is 10.2. The molecule has 1 N–H and O–H groups in total. The lowest BCUT2D eigenvalue weighted by Crippen LogP contribution is -2.41. The SMILES string of the molecule is CN(C)CCCNc1ccnc(C(=O)N2CCOCC2)c1. The smallest absolute Gasteiger partial charge is 0.272 e. The number of pyridine rings is 1. The van der Waals surface area contributed by atoms with E-state index >= 15 is 0 Å². The molecule has 1 saturated heterocycles. The van der Waals surface area contributed by atoms with Gasteiger partial charge in [-0.2, -0.15) is 0 Å². The Labute approximate surface area is 126 Å². The summed E-state index contributed by atoms with van der Waals surface area (Å²) in [5.74, 6) is -0.0183. The van der Waals surface area contributed by atoms with Crippen molar-refractivity contribution < 1.29 is 9.53 Å².